The minimum Gasteiger partial charge on any atom is -0.383 e. The summed E-state index contributed by atoms with van der Waals surface area (Å²) in [7, 11) is 0. The van der Waals surface area contributed by atoms with Gasteiger partial charge in [0.15, 0.2) is 0 Å². The van der Waals surface area contributed by atoms with Gasteiger partial charge < -0.3 is 10.4 Å². The van der Waals surface area contributed by atoms with Crippen LogP contribution in [0.15, 0.2) is 60.0 Å². The van der Waals surface area contributed by atoms with E-state index < -0.39 is 24.0 Å². The average Bonchev–Trinajstić information content (AvgIpc) is 3.50. The first-order valence-corrected chi connectivity index (χ1v) is 10.3. The van der Waals surface area contributed by atoms with Gasteiger partial charge in [-0.3, -0.25) is 9.59 Å². The maximum absolute atomic E-state index is 12.9. The molecule has 2 N–H and O–H groups in total. The summed E-state index contributed by atoms with van der Waals surface area (Å²) in [5.41, 5.74) is 2.17. The Morgan fingerprint density at radius 2 is 2.03 bits per heavy atom. The molecule has 2 heterocycles. The maximum atomic E-state index is 12.9. The lowest BCUT2D eigenvalue weighted by atomic mass is 10.1. The molecule has 164 valence electrons. The number of halogens is 1. The number of nitrogens with zero attached hydrogens (tertiary/aromatic N) is 6. The van der Waals surface area contributed by atoms with Crippen molar-refractivity contribution >= 4 is 29.6 Å². The van der Waals surface area contributed by atoms with Crippen molar-refractivity contribution in [3.63, 3.8) is 0 Å². The zero-order valence-corrected chi connectivity index (χ0v) is 17.6. The molecular weight excluding hydrogens is 434 g/mol. The first kappa shape index (κ1) is 21.6. The minimum atomic E-state index is -1.30. The van der Waals surface area contributed by atoms with Crippen molar-refractivity contribution in [1.82, 2.24) is 30.5 Å². The van der Waals surface area contributed by atoms with Crippen molar-refractivity contribution in [2.45, 2.75) is 31.5 Å². The number of hydrogen-bond acceptors (Lipinski definition) is 7. The van der Waals surface area contributed by atoms with Crippen LogP contribution in [0, 0.1) is 0 Å². The third kappa shape index (κ3) is 4.82. The zero-order chi connectivity index (χ0) is 22.5. The van der Waals surface area contributed by atoms with Gasteiger partial charge >= 0.3 is 0 Å². The van der Waals surface area contributed by atoms with Crippen LogP contribution in [-0.2, 0) is 22.6 Å². The number of carbonyl (C=O) groups excluding carboxylic acids is 2. The molecule has 0 bridgehead atoms. The summed E-state index contributed by atoms with van der Waals surface area (Å²) in [6.07, 6.45) is 2.02. The Balaban J connectivity index is 1.41. The Bertz CT molecular complexity index is 1120. The zero-order valence-electron chi connectivity index (χ0n) is 16.9. The molecule has 0 aliphatic carbocycles. The van der Waals surface area contributed by atoms with Gasteiger partial charge in [0.2, 0.25) is 5.91 Å². The summed E-state index contributed by atoms with van der Waals surface area (Å²) in [4.78, 5) is 25.6. The Labute approximate surface area is 188 Å². The molecule has 0 saturated carbocycles. The normalized spacial score (nSPS) is 16.2. The van der Waals surface area contributed by atoms with Gasteiger partial charge in [0.05, 0.1) is 5.69 Å². The van der Waals surface area contributed by atoms with Crippen LogP contribution in [0.2, 0.25) is 5.02 Å². The Kier molecular flexibility index (Phi) is 6.52. The second-order valence-electron chi connectivity index (χ2n) is 7.18. The highest BCUT2D eigenvalue weighted by atomic mass is 35.5. The monoisotopic (exact) mass is 453 g/mol. The van der Waals surface area contributed by atoms with Crippen LogP contribution >= 0.6 is 11.6 Å². The van der Waals surface area contributed by atoms with Gasteiger partial charge in [-0.05, 0) is 39.8 Å². The van der Waals surface area contributed by atoms with E-state index >= 15 is 0 Å². The Morgan fingerprint density at radius 3 is 2.78 bits per heavy atom. The quantitative estimate of drug-likeness (QED) is 0.552. The van der Waals surface area contributed by atoms with E-state index in [9.17, 15) is 14.7 Å². The number of aliphatic hydroxyl groups is 1. The highest BCUT2D eigenvalue weighted by Crippen LogP contribution is 2.20. The summed E-state index contributed by atoms with van der Waals surface area (Å²) in [6, 6.07) is 13.5. The topological polar surface area (TPSA) is 126 Å². The van der Waals surface area contributed by atoms with Crippen LogP contribution in [-0.4, -0.2) is 60.5 Å². The smallest absolute Gasteiger partial charge is 0.272 e. The second kappa shape index (κ2) is 9.67. The number of benzene rings is 2. The number of aromatic nitrogens is 4. The van der Waals surface area contributed by atoms with E-state index in [-0.39, 0.29) is 19.4 Å². The molecule has 3 aromatic rings. The maximum Gasteiger partial charge on any atom is 0.272 e. The fourth-order valence-electron chi connectivity index (χ4n) is 3.41. The highest BCUT2D eigenvalue weighted by Gasteiger charge is 2.35. The molecule has 1 unspecified atom stereocenters. The summed E-state index contributed by atoms with van der Waals surface area (Å²) in [6.45, 7) is 0.139. The molecule has 0 fully saturated rings. The van der Waals surface area contributed by atoms with Crippen LogP contribution < -0.4 is 5.32 Å². The summed E-state index contributed by atoms with van der Waals surface area (Å²) < 4.78 is 1.46. The molecule has 0 radical (unpaired) electrons. The van der Waals surface area contributed by atoms with Gasteiger partial charge in [0.1, 0.15) is 18.5 Å². The van der Waals surface area contributed by atoms with E-state index in [1.165, 1.54) is 17.2 Å². The number of carbonyl (C=O) groups is 2. The van der Waals surface area contributed by atoms with E-state index in [1.807, 2.05) is 30.3 Å². The number of tetrazole rings is 1. The van der Waals surface area contributed by atoms with Crippen molar-refractivity contribution in [3.8, 4) is 5.69 Å². The molecule has 2 amide bonds. The van der Waals surface area contributed by atoms with Crippen molar-refractivity contribution in [2.24, 2.45) is 5.10 Å². The lowest BCUT2D eigenvalue weighted by Crippen LogP contribution is -2.48. The Morgan fingerprint density at radius 1 is 1.22 bits per heavy atom. The molecular formula is C21H20ClN7O3. The van der Waals surface area contributed by atoms with E-state index in [4.69, 9.17) is 11.6 Å². The minimum absolute atomic E-state index is 0.137. The second-order valence-corrected chi connectivity index (χ2v) is 7.62. The number of aliphatic hydroxyl groups excluding tert-OH is 1. The largest absolute Gasteiger partial charge is 0.383 e. The molecule has 0 spiro atoms. The third-order valence-corrected chi connectivity index (χ3v) is 5.24. The predicted molar refractivity (Wildman–Crippen MR) is 116 cm³/mol. The van der Waals surface area contributed by atoms with Crippen LogP contribution in [0.25, 0.3) is 5.69 Å². The van der Waals surface area contributed by atoms with Crippen LogP contribution in [0.1, 0.15) is 17.5 Å². The number of rotatable bonds is 7. The van der Waals surface area contributed by atoms with Crippen molar-refractivity contribution in [1.29, 1.82) is 0 Å². The van der Waals surface area contributed by atoms with Gasteiger partial charge in [-0.1, -0.05) is 41.9 Å². The number of amides is 2. The molecule has 2 aromatic carbocycles. The van der Waals surface area contributed by atoms with Crippen LogP contribution in [0.3, 0.4) is 0 Å². The van der Waals surface area contributed by atoms with Gasteiger partial charge in [-0.15, -0.1) is 5.10 Å². The molecule has 2 atom stereocenters. The van der Waals surface area contributed by atoms with Gasteiger partial charge in [-0.2, -0.15) is 5.10 Å². The molecule has 0 saturated heterocycles. The van der Waals surface area contributed by atoms with Crippen molar-refractivity contribution < 1.29 is 14.7 Å². The standard InChI is InChI=1S/C21H20ClN7O3/c22-16-6-7-17(28-13-24-26-27-28)15(11-16)12-23-20(31)18-8-9-25-29(18)21(32)19(30)10-14-4-2-1-3-5-14/h1-7,9,11,13,18-19,30H,8,10,12H2,(H,23,31)/t18?,19-/m1/s1. The van der Waals surface area contributed by atoms with Crippen molar-refractivity contribution in [2.75, 3.05) is 0 Å². The molecule has 32 heavy (non-hydrogen) atoms. The van der Waals surface area contributed by atoms with Crippen LogP contribution in [0.5, 0.6) is 0 Å². The molecule has 1 aromatic heterocycles. The fourth-order valence-corrected chi connectivity index (χ4v) is 3.61. The molecule has 1 aliphatic rings. The number of hydrogen-bond donors (Lipinski definition) is 2. The van der Waals surface area contributed by atoms with E-state index in [0.717, 1.165) is 10.6 Å². The van der Waals surface area contributed by atoms with Crippen molar-refractivity contribution in [3.05, 3.63) is 71.0 Å². The summed E-state index contributed by atoms with van der Waals surface area (Å²) in [5.74, 6) is -1.02. The van der Waals surface area contributed by atoms with Gasteiger partial charge in [0, 0.05) is 30.6 Å². The molecule has 1 aliphatic heterocycles. The third-order valence-electron chi connectivity index (χ3n) is 5.01. The predicted octanol–water partition coefficient (Wildman–Crippen LogP) is 1.12. The first-order chi connectivity index (χ1) is 15.5. The molecule has 4 rings (SSSR count). The van der Waals surface area contributed by atoms with Crippen LogP contribution in [0.4, 0.5) is 0 Å². The lowest BCUT2D eigenvalue weighted by molar-refractivity contribution is -0.146. The van der Waals surface area contributed by atoms with E-state index in [1.54, 1.807) is 18.2 Å². The Hall–Kier alpha value is -3.63. The molecule has 11 heteroatoms. The summed E-state index contributed by atoms with van der Waals surface area (Å²) >= 11 is 6.11. The fraction of sp³-hybridized carbons (Fsp3) is 0.238. The summed E-state index contributed by atoms with van der Waals surface area (Å²) in [5, 5.41) is 29.9. The lowest BCUT2D eigenvalue weighted by Gasteiger charge is -2.23. The number of hydrazone groups is 1. The van der Waals surface area contributed by atoms with Gasteiger partial charge in [-0.25, -0.2) is 9.69 Å². The highest BCUT2D eigenvalue weighted by molar-refractivity contribution is 6.30. The molecule has 10 nitrogen and oxygen atoms in total. The average molecular weight is 454 g/mol. The first-order valence-electron chi connectivity index (χ1n) is 9.90. The SMILES string of the molecule is O=C(NCc1cc(Cl)ccc1-n1cnnn1)C1CC=NN1C(=O)[C@H](O)Cc1ccccc1. The van der Waals surface area contributed by atoms with E-state index in [0.29, 0.717) is 16.3 Å². The number of nitrogens with one attached hydrogen (secondary N) is 1. The van der Waals surface area contributed by atoms with Gasteiger partial charge in [0.25, 0.3) is 5.91 Å². The van der Waals surface area contributed by atoms with E-state index in [2.05, 4.69) is 25.9 Å².